The summed E-state index contributed by atoms with van der Waals surface area (Å²) >= 11 is 1.89. The van der Waals surface area contributed by atoms with E-state index >= 15 is 0 Å². The molecule has 3 rings (SSSR count). The second-order valence-corrected chi connectivity index (χ2v) is 5.84. The first-order valence-electron chi connectivity index (χ1n) is 6.57. The zero-order chi connectivity index (χ0) is 13.9. The van der Waals surface area contributed by atoms with Gasteiger partial charge in [-0.15, -0.1) is 11.8 Å². The van der Waals surface area contributed by atoms with Crippen molar-refractivity contribution in [1.82, 2.24) is 0 Å². The summed E-state index contributed by atoms with van der Waals surface area (Å²) in [6, 6.07) is 13.5. The molecular weight excluding hydrogens is 273 g/mol. The molecule has 104 valence electrons. The Bertz CT molecular complexity index is 617. The number of hydrogen-bond donors (Lipinski definition) is 1. The second kappa shape index (κ2) is 5.75. The van der Waals surface area contributed by atoms with Crippen LogP contribution in [0.3, 0.4) is 0 Å². The van der Waals surface area contributed by atoms with Gasteiger partial charge in [-0.2, -0.15) is 0 Å². The van der Waals surface area contributed by atoms with Crippen LogP contribution in [0.1, 0.15) is 11.5 Å². The third-order valence-corrected chi connectivity index (χ3v) is 4.76. The topological polar surface area (TPSA) is 21.3 Å². The number of anilines is 1. The number of halogens is 1. The molecule has 4 heteroatoms. The van der Waals surface area contributed by atoms with Crippen LogP contribution >= 0.6 is 11.8 Å². The van der Waals surface area contributed by atoms with Crippen molar-refractivity contribution >= 4 is 17.4 Å². The average Bonchev–Trinajstić information content (AvgIpc) is 2.88. The van der Waals surface area contributed by atoms with Gasteiger partial charge in [0.1, 0.15) is 0 Å². The molecule has 1 aliphatic heterocycles. The maximum Gasteiger partial charge on any atom is 0.167 e. The molecule has 2 aromatic carbocycles. The van der Waals surface area contributed by atoms with Crippen molar-refractivity contribution in [1.29, 1.82) is 0 Å². The predicted octanol–water partition coefficient (Wildman–Crippen LogP) is 4.14. The van der Waals surface area contributed by atoms with Crippen LogP contribution in [0.25, 0.3) is 0 Å². The number of rotatable bonds is 4. The molecule has 2 aromatic rings. The molecule has 0 saturated carbocycles. The van der Waals surface area contributed by atoms with Gasteiger partial charge in [0.05, 0.1) is 7.11 Å². The predicted molar refractivity (Wildman–Crippen MR) is 81.3 cm³/mol. The fourth-order valence-corrected chi connectivity index (χ4v) is 3.67. The molecule has 0 saturated heterocycles. The minimum Gasteiger partial charge on any atom is -0.494 e. The van der Waals surface area contributed by atoms with Crippen molar-refractivity contribution in [3.05, 3.63) is 53.8 Å². The van der Waals surface area contributed by atoms with Gasteiger partial charge >= 0.3 is 0 Å². The highest BCUT2D eigenvalue weighted by Gasteiger charge is 2.22. The number of thioether (sulfide) groups is 1. The second-order valence-electron chi connectivity index (χ2n) is 4.78. The number of nitrogens with one attached hydrogen (secondary N) is 1. The van der Waals surface area contributed by atoms with E-state index in [2.05, 4.69) is 29.6 Å². The van der Waals surface area contributed by atoms with Crippen LogP contribution in [0.5, 0.6) is 5.75 Å². The molecule has 1 N–H and O–H groups in total. The van der Waals surface area contributed by atoms with Crippen LogP contribution in [0.2, 0.25) is 0 Å². The van der Waals surface area contributed by atoms with E-state index in [1.54, 1.807) is 6.07 Å². The van der Waals surface area contributed by atoms with Gasteiger partial charge in [-0.3, -0.25) is 0 Å². The quantitative estimate of drug-likeness (QED) is 0.914. The summed E-state index contributed by atoms with van der Waals surface area (Å²) in [7, 11) is 1.47. The zero-order valence-corrected chi connectivity index (χ0v) is 12.0. The van der Waals surface area contributed by atoms with Crippen molar-refractivity contribution in [3.63, 3.8) is 0 Å². The Morgan fingerprint density at radius 2 is 2.15 bits per heavy atom. The van der Waals surface area contributed by atoms with Gasteiger partial charge in [-0.05, 0) is 23.8 Å². The molecule has 1 aliphatic rings. The Kier molecular flexibility index (Phi) is 3.83. The Morgan fingerprint density at radius 3 is 2.95 bits per heavy atom. The van der Waals surface area contributed by atoms with Crippen molar-refractivity contribution in [2.24, 2.45) is 0 Å². The molecule has 2 nitrogen and oxygen atoms in total. The smallest absolute Gasteiger partial charge is 0.167 e. The summed E-state index contributed by atoms with van der Waals surface area (Å²) in [5.74, 6) is 1.49. The molecule has 1 heterocycles. The molecule has 0 amide bonds. The summed E-state index contributed by atoms with van der Waals surface area (Å²) < 4.78 is 18.5. The third kappa shape index (κ3) is 2.61. The summed E-state index contributed by atoms with van der Waals surface area (Å²) in [5, 5.41) is 3.31. The number of hydrogen-bond acceptors (Lipinski definition) is 3. The number of ether oxygens (including phenoxy) is 1. The first kappa shape index (κ1) is 13.3. The van der Waals surface area contributed by atoms with Crippen LogP contribution < -0.4 is 10.1 Å². The fourth-order valence-electron chi connectivity index (χ4n) is 2.42. The monoisotopic (exact) mass is 289 g/mol. The standard InChI is InChI=1S/C16H16FNOS/c1-19-15-7-6-12(8-14(15)17)18-9-11-10-20-16-5-3-2-4-13(11)16/h2-8,11,18H,9-10H2,1H3. The molecule has 0 bridgehead atoms. The Hall–Kier alpha value is -1.68. The minimum atomic E-state index is -0.335. The molecule has 20 heavy (non-hydrogen) atoms. The third-order valence-electron chi connectivity index (χ3n) is 3.50. The first-order chi connectivity index (χ1) is 9.78. The summed E-state index contributed by atoms with van der Waals surface area (Å²) in [6.45, 7) is 0.815. The highest BCUT2D eigenvalue weighted by Crippen LogP contribution is 2.39. The van der Waals surface area contributed by atoms with Gasteiger partial charge in [0, 0.05) is 34.9 Å². The summed E-state index contributed by atoms with van der Waals surface area (Å²) in [6.07, 6.45) is 0. The van der Waals surface area contributed by atoms with E-state index in [1.165, 1.54) is 23.6 Å². The van der Waals surface area contributed by atoms with Crippen LogP contribution in [0.4, 0.5) is 10.1 Å². The lowest BCUT2D eigenvalue weighted by atomic mass is 10.0. The van der Waals surface area contributed by atoms with Gasteiger partial charge in [-0.1, -0.05) is 18.2 Å². The van der Waals surface area contributed by atoms with Crippen molar-refractivity contribution in [3.8, 4) is 5.75 Å². The number of methoxy groups -OCH3 is 1. The molecule has 0 aliphatic carbocycles. The number of fused-ring (bicyclic) bond motifs is 1. The fraction of sp³-hybridized carbons (Fsp3) is 0.250. The van der Waals surface area contributed by atoms with E-state index < -0.39 is 0 Å². The van der Waals surface area contributed by atoms with E-state index in [1.807, 2.05) is 17.8 Å². The van der Waals surface area contributed by atoms with Crippen LogP contribution in [0.15, 0.2) is 47.4 Å². The lowest BCUT2D eigenvalue weighted by Gasteiger charge is -2.13. The maximum atomic E-state index is 13.6. The van der Waals surface area contributed by atoms with E-state index in [-0.39, 0.29) is 11.6 Å². The van der Waals surface area contributed by atoms with Gasteiger partial charge < -0.3 is 10.1 Å². The SMILES string of the molecule is COc1ccc(NCC2CSc3ccccc32)cc1F. The van der Waals surface area contributed by atoms with Crippen molar-refractivity contribution in [2.45, 2.75) is 10.8 Å². The molecule has 1 unspecified atom stereocenters. The van der Waals surface area contributed by atoms with Gasteiger partial charge in [0.2, 0.25) is 0 Å². The Balaban J connectivity index is 1.67. The molecule has 0 aromatic heterocycles. The van der Waals surface area contributed by atoms with Gasteiger partial charge in [-0.25, -0.2) is 4.39 Å². The molecule has 0 spiro atoms. The summed E-state index contributed by atoms with van der Waals surface area (Å²) in [4.78, 5) is 1.36. The molecule has 0 radical (unpaired) electrons. The largest absolute Gasteiger partial charge is 0.494 e. The molecular formula is C16H16FNOS. The lowest BCUT2D eigenvalue weighted by molar-refractivity contribution is 0.386. The lowest BCUT2D eigenvalue weighted by Crippen LogP contribution is -2.12. The van der Waals surface area contributed by atoms with Crippen LogP contribution in [-0.2, 0) is 0 Å². The Morgan fingerprint density at radius 1 is 1.30 bits per heavy atom. The zero-order valence-electron chi connectivity index (χ0n) is 11.2. The van der Waals surface area contributed by atoms with E-state index in [0.29, 0.717) is 5.92 Å². The van der Waals surface area contributed by atoms with Crippen molar-refractivity contribution in [2.75, 3.05) is 24.7 Å². The highest BCUT2D eigenvalue weighted by atomic mass is 32.2. The van der Waals surface area contributed by atoms with E-state index in [4.69, 9.17) is 4.74 Å². The Labute approximate surface area is 122 Å². The minimum absolute atomic E-state index is 0.275. The van der Waals surface area contributed by atoms with Crippen molar-refractivity contribution < 1.29 is 9.13 Å². The highest BCUT2D eigenvalue weighted by molar-refractivity contribution is 7.99. The van der Waals surface area contributed by atoms with E-state index in [0.717, 1.165) is 18.0 Å². The normalized spacial score (nSPS) is 16.8. The molecule has 1 atom stereocenters. The van der Waals surface area contributed by atoms with Gasteiger partial charge in [0.25, 0.3) is 0 Å². The van der Waals surface area contributed by atoms with Crippen LogP contribution in [0, 0.1) is 5.82 Å². The van der Waals surface area contributed by atoms with Gasteiger partial charge in [0.15, 0.2) is 11.6 Å². The maximum absolute atomic E-state index is 13.6. The summed E-state index contributed by atoms with van der Waals surface area (Å²) in [5.41, 5.74) is 2.18. The first-order valence-corrected chi connectivity index (χ1v) is 7.55. The number of benzene rings is 2. The van der Waals surface area contributed by atoms with E-state index in [9.17, 15) is 4.39 Å². The average molecular weight is 289 g/mol. The van der Waals surface area contributed by atoms with Crippen LogP contribution in [-0.4, -0.2) is 19.4 Å². The molecule has 0 fully saturated rings.